The molecule has 0 bridgehead atoms. The highest BCUT2D eigenvalue weighted by Crippen LogP contribution is 2.26. The quantitative estimate of drug-likeness (QED) is 0.724. The molecule has 0 radical (unpaired) electrons. The van der Waals surface area contributed by atoms with Gasteiger partial charge in [0, 0.05) is 6.42 Å². The van der Waals surface area contributed by atoms with E-state index >= 15 is 0 Å². The van der Waals surface area contributed by atoms with Crippen LogP contribution in [0, 0.1) is 17.2 Å². The maximum Gasteiger partial charge on any atom is 0.221 e. The third-order valence-corrected chi connectivity index (χ3v) is 3.15. The number of hydrogen-bond acceptors (Lipinski definition) is 2. The first kappa shape index (κ1) is 12.8. The first-order valence-corrected chi connectivity index (χ1v) is 6.07. The SMILES string of the molecule is C=CCCC(=O)N[C@@H](C#N)C1CCCCC1. The zero-order valence-electron chi connectivity index (χ0n) is 9.74. The van der Waals surface area contributed by atoms with Crippen molar-refractivity contribution in [2.24, 2.45) is 5.92 Å². The van der Waals surface area contributed by atoms with Crippen molar-refractivity contribution < 1.29 is 4.79 Å². The van der Waals surface area contributed by atoms with Crippen LogP contribution in [0.5, 0.6) is 0 Å². The van der Waals surface area contributed by atoms with Gasteiger partial charge >= 0.3 is 0 Å². The smallest absolute Gasteiger partial charge is 0.221 e. The first-order valence-electron chi connectivity index (χ1n) is 6.07. The maximum absolute atomic E-state index is 11.5. The molecule has 0 heterocycles. The minimum atomic E-state index is -0.294. The molecule has 0 aliphatic heterocycles. The Bertz CT molecular complexity index is 274. The molecule has 1 N–H and O–H groups in total. The number of amides is 1. The second-order valence-corrected chi connectivity index (χ2v) is 4.40. The second kappa shape index (κ2) is 7.05. The van der Waals surface area contributed by atoms with Crippen LogP contribution in [0.4, 0.5) is 0 Å². The third-order valence-electron chi connectivity index (χ3n) is 3.15. The predicted octanol–water partition coefficient (Wildman–Crippen LogP) is 2.54. The van der Waals surface area contributed by atoms with Gasteiger partial charge in [-0.15, -0.1) is 6.58 Å². The monoisotopic (exact) mass is 220 g/mol. The van der Waals surface area contributed by atoms with Crippen LogP contribution in [-0.4, -0.2) is 11.9 Å². The highest BCUT2D eigenvalue weighted by molar-refractivity contribution is 5.76. The van der Waals surface area contributed by atoms with E-state index in [1.54, 1.807) is 6.08 Å². The van der Waals surface area contributed by atoms with Crippen LogP contribution >= 0.6 is 0 Å². The maximum atomic E-state index is 11.5. The molecular formula is C13H20N2O. The van der Waals surface area contributed by atoms with Gasteiger partial charge in [-0.25, -0.2) is 0 Å². The summed E-state index contributed by atoms with van der Waals surface area (Å²) in [7, 11) is 0. The number of nitriles is 1. The van der Waals surface area contributed by atoms with Crippen molar-refractivity contribution in [1.82, 2.24) is 5.32 Å². The number of rotatable bonds is 5. The summed E-state index contributed by atoms with van der Waals surface area (Å²) in [5, 5.41) is 11.9. The van der Waals surface area contributed by atoms with Gasteiger partial charge < -0.3 is 5.32 Å². The summed E-state index contributed by atoms with van der Waals surface area (Å²) in [6.45, 7) is 3.58. The van der Waals surface area contributed by atoms with E-state index < -0.39 is 0 Å². The fraction of sp³-hybridized carbons (Fsp3) is 0.692. The molecule has 16 heavy (non-hydrogen) atoms. The lowest BCUT2D eigenvalue weighted by Crippen LogP contribution is -2.39. The van der Waals surface area contributed by atoms with E-state index in [-0.39, 0.29) is 11.9 Å². The number of allylic oxidation sites excluding steroid dienone is 1. The number of carbonyl (C=O) groups is 1. The van der Waals surface area contributed by atoms with Crippen molar-refractivity contribution in [3.63, 3.8) is 0 Å². The van der Waals surface area contributed by atoms with Crippen molar-refractivity contribution in [3.8, 4) is 6.07 Å². The fourth-order valence-corrected chi connectivity index (χ4v) is 2.20. The molecular weight excluding hydrogens is 200 g/mol. The molecule has 0 aromatic rings. The van der Waals surface area contributed by atoms with Gasteiger partial charge in [0.25, 0.3) is 0 Å². The molecule has 1 aliphatic carbocycles. The minimum Gasteiger partial charge on any atom is -0.340 e. The Hall–Kier alpha value is -1.30. The Kier molecular flexibility index (Phi) is 5.63. The van der Waals surface area contributed by atoms with Gasteiger partial charge in [-0.2, -0.15) is 5.26 Å². The van der Waals surface area contributed by atoms with Gasteiger partial charge in [-0.05, 0) is 25.2 Å². The third kappa shape index (κ3) is 4.06. The summed E-state index contributed by atoms with van der Waals surface area (Å²) in [4.78, 5) is 11.5. The van der Waals surface area contributed by atoms with Crippen molar-refractivity contribution in [2.45, 2.75) is 51.0 Å². The van der Waals surface area contributed by atoms with E-state index in [0.29, 0.717) is 18.8 Å². The Balaban J connectivity index is 2.38. The van der Waals surface area contributed by atoms with Gasteiger partial charge in [0.2, 0.25) is 5.91 Å². The van der Waals surface area contributed by atoms with E-state index in [0.717, 1.165) is 12.8 Å². The Morgan fingerprint density at radius 2 is 2.19 bits per heavy atom. The summed E-state index contributed by atoms with van der Waals surface area (Å²) in [6.07, 6.45) is 8.61. The number of nitrogens with zero attached hydrogens (tertiary/aromatic N) is 1. The molecule has 3 nitrogen and oxygen atoms in total. The average molecular weight is 220 g/mol. The summed E-state index contributed by atoms with van der Waals surface area (Å²) in [6, 6.07) is 1.93. The van der Waals surface area contributed by atoms with E-state index in [2.05, 4.69) is 18.0 Å². The largest absolute Gasteiger partial charge is 0.340 e. The fourth-order valence-electron chi connectivity index (χ4n) is 2.20. The van der Waals surface area contributed by atoms with Crippen molar-refractivity contribution in [2.75, 3.05) is 0 Å². The second-order valence-electron chi connectivity index (χ2n) is 4.40. The lowest BCUT2D eigenvalue weighted by atomic mass is 9.84. The summed E-state index contributed by atoms with van der Waals surface area (Å²) < 4.78 is 0. The van der Waals surface area contributed by atoms with Crippen LogP contribution in [0.25, 0.3) is 0 Å². The predicted molar refractivity (Wildman–Crippen MR) is 63.5 cm³/mol. The molecule has 0 aromatic heterocycles. The zero-order chi connectivity index (χ0) is 11.8. The molecule has 1 aliphatic rings. The molecule has 3 heteroatoms. The van der Waals surface area contributed by atoms with E-state index in [1.165, 1.54) is 19.3 Å². The van der Waals surface area contributed by atoms with Crippen LogP contribution < -0.4 is 5.32 Å². The molecule has 1 atom stereocenters. The normalized spacial score (nSPS) is 18.4. The summed E-state index contributed by atoms with van der Waals surface area (Å²) in [5.74, 6) is 0.323. The lowest BCUT2D eigenvalue weighted by Gasteiger charge is -2.26. The Labute approximate surface area is 97.5 Å². The number of carbonyl (C=O) groups excluding carboxylic acids is 1. The van der Waals surface area contributed by atoms with E-state index in [9.17, 15) is 4.79 Å². The van der Waals surface area contributed by atoms with Crippen LogP contribution in [0.1, 0.15) is 44.9 Å². The van der Waals surface area contributed by atoms with E-state index in [4.69, 9.17) is 5.26 Å². The first-order chi connectivity index (χ1) is 7.77. The Morgan fingerprint density at radius 1 is 1.50 bits per heavy atom. The molecule has 1 amide bonds. The number of hydrogen-bond donors (Lipinski definition) is 1. The van der Waals surface area contributed by atoms with Gasteiger partial charge in [0.15, 0.2) is 0 Å². The van der Waals surface area contributed by atoms with Gasteiger partial charge in [-0.3, -0.25) is 4.79 Å². The van der Waals surface area contributed by atoms with Crippen LogP contribution in [0.2, 0.25) is 0 Å². The average Bonchev–Trinajstić information content (AvgIpc) is 2.34. The Morgan fingerprint density at radius 3 is 2.75 bits per heavy atom. The summed E-state index contributed by atoms with van der Waals surface area (Å²) >= 11 is 0. The minimum absolute atomic E-state index is 0.0305. The topological polar surface area (TPSA) is 52.9 Å². The summed E-state index contributed by atoms with van der Waals surface area (Å²) in [5.41, 5.74) is 0. The van der Waals surface area contributed by atoms with Crippen LogP contribution in [-0.2, 0) is 4.79 Å². The molecule has 0 aromatic carbocycles. The van der Waals surface area contributed by atoms with Gasteiger partial charge in [-0.1, -0.05) is 25.3 Å². The van der Waals surface area contributed by atoms with Gasteiger partial charge in [0.1, 0.15) is 6.04 Å². The standard InChI is InChI=1S/C13H20N2O/c1-2-3-9-13(16)15-12(10-14)11-7-5-4-6-8-11/h2,11-12H,1,3-9H2,(H,15,16)/t12-/m0/s1. The molecule has 0 unspecified atom stereocenters. The highest BCUT2D eigenvalue weighted by Gasteiger charge is 2.24. The molecule has 88 valence electrons. The molecule has 1 fully saturated rings. The van der Waals surface area contributed by atoms with Crippen LogP contribution in [0.15, 0.2) is 12.7 Å². The molecule has 1 rings (SSSR count). The molecule has 0 spiro atoms. The van der Waals surface area contributed by atoms with E-state index in [1.807, 2.05) is 0 Å². The van der Waals surface area contributed by atoms with Crippen molar-refractivity contribution in [1.29, 1.82) is 5.26 Å². The highest BCUT2D eigenvalue weighted by atomic mass is 16.1. The van der Waals surface area contributed by atoms with Crippen molar-refractivity contribution in [3.05, 3.63) is 12.7 Å². The van der Waals surface area contributed by atoms with Crippen molar-refractivity contribution >= 4 is 5.91 Å². The zero-order valence-corrected chi connectivity index (χ0v) is 9.74. The van der Waals surface area contributed by atoms with Gasteiger partial charge in [0.05, 0.1) is 6.07 Å². The molecule has 0 saturated heterocycles. The van der Waals surface area contributed by atoms with Crippen LogP contribution in [0.3, 0.4) is 0 Å². The number of nitrogens with one attached hydrogen (secondary N) is 1. The lowest BCUT2D eigenvalue weighted by molar-refractivity contribution is -0.121. The molecule has 1 saturated carbocycles.